The van der Waals surface area contributed by atoms with Crippen molar-refractivity contribution in [3.05, 3.63) is 65.7 Å². The zero-order valence-corrected chi connectivity index (χ0v) is 16.3. The van der Waals surface area contributed by atoms with Crippen molar-refractivity contribution < 1.29 is 19.1 Å². The van der Waals surface area contributed by atoms with E-state index in [-0.39, 0.29) is 18.5 Å². The molecule has 0 aliphatic heterocycles. The summed E-state index contributed by atoms with van der Waals surface area (Å²) in [6.07, 6.45) is 2.83. The lowest BCUT2D eigenvalue weighted by Crippen LogP contribution is -2.26. The number of benzene rings is 2. The predicted molar refractivity (Wildman–Crippen MR) is 109 cm³/mol. The summed E-state index contributed by atoms with van der Waals surface area (Å²) in [6, 6.07) is 16.2. The summed E-state index contributed by atoms with van der Waals surface area (Å²) in [4.78, 5) is 23.7. The SMILES string of the molecule is CCCC/C(=N\NC(=O)COc1ccc(C(=O)OCC)cc1)c1ccccc1. The van der Waals surface area contributed by atoms with Crippen LogP contribution in [0.4, 0.5) is 0 Å². The molecule has 6 heteroatoms. The molecule has 0 saturated heterocycles. The van der Waals surface area contributed by atoms with Crippen LogP contribution in [-0.2, 0) is 9.53 Å². The van der Waals surface area contributed by atoms with E-state index in [1.165, 1.54) is 0 Å². The second kappa shape index (κ2) is 11.5. The maximum Gasteiger partial charge on any atom is 0.338 e. The Kier molecular flexibility index (Phi) is 8.72. The van der Waals surface area contributed by atoms with Crippen LogP contribution in [0, 0.1) is 0 Å². The first kappa shape index (κ1) is 21.2. The molecule has 0 fully saturated rings. The third-order valence-electron chi connectivity index (χ3n) is 3.93. The van der Waals surface area contributed by atoms with E-state index in [9.17, 15) is 9.59 Å². The van der Waals surface area contributed by atoms with Gasteiger partial charge in [-0.1, -0.05) is 43.7 Å². The van der Waals surface area contributed by atoms with E-state index in [2.05, 4.69) is 17.5 Å². The van der Waals surface area contributed by atoms with Crippen LogP contribution in [-0.4, -0.2) is 30.8 Å². The molecular weight excluding hydrogens is 356 g/mol. The number of hydrazone groups is 1. The Hall–Kier alpha value is -3.15. The third kappa shape index (κ3) is 6.87. The fraction of sp³-hybridized carbons (Fsp3) is 0.318. The topological polar surface area (TPSA) is 77.0 Å². The molecule has 0 bridgehead atoms. The number of carbonyl (C=O) groups is 2. The standard InChI is InChI=1S/C22H26N2O4/c1-3-5-11-20(17-9-7-6-8-10-17)23-24-21(25)16-28-19-14-12-18(13-15-19)22(26)27-4-2/h6-10,12-15H,3-5,11,16H2,1-2H3,(H,24,25)/b23-20+. The van der Waals surface area contributed by atoms with Gasteiger partial charge in [0.25, 0.3) is 5.91 Å². The molecule has 2 aromatic rings. The third-order valence-corrected chi connectivity index (χ3v) is 3.93. The Morgan fingerprint density at radius 3 is 2.32 bits per heavy atom. The number of nitrogens with one attached hydrogen (secondary N) is 1. The number of nitrogens with zero attached hydrogens (tertiary/aromatic N) is 1. The van der Waals surface area contributed by atoms with Crippen molar-refractivity contribution in [2.75, 3.05) is 13.2 Å². The number of amides is 1. The number of hydrogen-bond donors (Lipinski definition) is 1. The van der Waals surface area contributed by atoms with Gasteiger partial charge >= 0.3 is 5.97 Å². The molecule has 148 valence electrons. The van der Waals surface area contributed by atoms with Crippen LogP contribution in [0.5, 0.6) is 5.75 Å². The normalized spacial score (nSPS) is 11.0. The lowest BCUT2D eigenvalue weighted by Gasteiger charge is -2.08. The van der Waals surface area contributed by atoms with Gasteiger partial charge in [-0.05, 0) is 49.6 Å². The van der Waals surface area contributed by atoms with Crippen molar-refractivity contribution in [3.63, 3.8) is 0 Å². The summed E-state index contributed by atoms with van der Waals surface area (Å²) in [7, 11) is 0. The molecule has 0 spiro atoms. The Bertz CT molecular complexity index is 786. The number of ether oxygens (including phenoxy) is 2. The fourth-order valence-electron chi connectivity index (χ4n) is 2.45. The van der Waals surface area contributed by atoms with Gasteiger partial charge in [0.1, 0.15) is 5.75 Å². The van der Waals surface area contributed by atoms with E-state index >= 15 is 0 Å². The van der Waals surface area contributed by atoms with Gasteiger partial charge in [0.2, 0.25) is 0 Å². The van der Waals surface area contributed by atoms with Crippen LogP contribution in [0.2, 0.25) is 0 Å². The van der Waals surface area contributed by atoms with Gasteiger partial charge in [0, 0.05) is 0 Å². The lowest BCUT2D eigenvalue weighted by atomic mass is 10.1. The molecule has 0 atom stereocenters. The summed E-state index contributed by atoms with van der Waals surface area (Å²) in [5.41, 5.74) is 4.83. The van der Waals surface area contributed by atoms with Gasteiger partial charge in [-0.15, -0.1) is 0 Å². The minimum atomic E-state index is -0.387. The van der Waals surface area contributed by atoms with Crippen LogP contribution >= 0.6 is 0 Å². The first-order valence-electron chi connectivity index (χ1n) is 9.44. The van der Waals surface area contributed by atoms with Crippen molar-refractivity contribution in [1.82, 2.24) is 5.43 Å². The average molecular weight is 382 g/mol. The van der Waals surface area contributed by atoms with Crippen molar-refractivity contribution in [2.24, 2.45) is 5.10 Å². The van der Waals surface area contributed by atoms with Crippen molar-refractivity contribution in [1.29, 1.82) is 0 Å². The molecule has 0 radical (unpaired) electrons. The Morgan fingerprint density at radius 2 is 1.68 bits per heavy atom. The highest BCUT2D eigenvalue weighted by atomic mass is 16.5. The summed E-state index contributed by atoms with van der Waals surface area (Å²) < 4.78 is 10.4. The highest BCUT2D eigenvalue weighted by Gasteiger charge is 2.08. The largest absolute Gasteiger partial charge is 0.484 e. The monoisotopic (exact) mass is 382 g/mol. The minimum absolute atomic E-state index is 0.169. The molecule has 0 aromatic heterocycles. The molecule has 0 heterocycles. The van der Waals surface area contributed by atoms with Crippen molar-refractivity contribution >= 4 is 17.6 Å². The van der Waals surface area contributed by atoms with E-state index < -0.39 is 0 Å². The van der Waals surface area contributed by atoms with Crippen molar-refractivity contribution in [2.45, 2.75) is 33.1 Å². The number of rotatable bonds is 10. The van der Waals surface area contributed by atoms with Gasteiger partial charge in [-0.25, -0.2) is 10.2 Å². The van der Waals surface area contributed by atoms with Crippen LogP contribution in [0.25, 0.3) is 0 Å². The first-order chi connectivity index (χ1) is 13.6. The summed E-state index contributed by atoms with van der Waals surface area (Å²) in [6.45, 7) is 4.02. The molecule has 2 rings (SSSR count). The van der Waals surface area contributed by atoms with Crippen LogP contribution in [0.3, 0.4) is 0 Å². The van der Waals surface area contributed by atoms with Crippen LogP contribution in [0.1, 0.15) is 49.0 Å². The highest BCUT2D eigenvalue weighted by molar-refractivity contribution is 6.01. The van der Waals surface area contributed by atoms with E-state index in [1.807, 2.05) is 30.3 Å². The second-order valence-electron chi connectivity index (χ2n) is 6.10. The van der Waals surface area contributed by atoms with Crippen LogP contribution < -0.4 is 10.2 Å². The maximum atomic E-state index is 12.1. The van der Waals surface area contributed by atoms with Gasteiger partial charge in [-0.2, -0.15) is 5.10 Å². The number of hydrogen-bond acceptors (Lipinski definition) is 5. The molecule has 6 nitrogen and oxygen atoms in total. The van der Waals surface area contributed by atoms with Crippen molar-refractivity contribution in [3.8, 4) is 5.75 Å². The molecular formula is C22H26N2O4. The summed E-state index contributed by atoms with van der Waals surface area (Å²) >= 11 is 0. The zero-order chi connectivity index (χ0) is 20.2. The summed E-state index contributed by atoms with van der Waals surface area (Å²) in [5.74, 6) is -0.248. The average Bonchev–Trinajstić information content (AvgIpc) is 2.73. The quantitative estimate of drug-likeness (QED) is 0.383. The summed E-state index contributed by atoms with van der Waals surface area (Å²) in [5, 5.41) is 4.28. The first-order valence-corrected chi connectivity index (χ1v) is 9.44. The molecule has 1 N–H and O–H groups in total. The molecule has 0 saturated carbocycles. The van der Waals surface area contributed by atoms with Gasteiger partial charge < -0.3 is 9.47 Å². The Balaban J connectivity index is 1.89. The number of carbonyl (C=O) groups excluding carboxylic acids is 2. The van der Waals surface area contributed by atoms with Gasteiger partial charge in [-0.3, -0.25) is 4.79 Å². The Labute approximate surface area is 165 Å². The zero-order valence-electron chi connectivity index (χ0n) is 16.3. The smallest absolute Gasteiger partial charge is 0.338 e. The number of esters is 1. The van der Waals surface area contributed by atoms with Gasteiger partial charge in [0.15, 0.2) is 6.61 Å². The van der Waals surface area contributed by atoms with E-state index in [4.69, 9.17) is 9.47 Å². The molecule has 1 amide bonds. The maximum absolute atomic E-state index is 12.1. The van der Waals surface area contributed by atoms with E-state index in [0.717, 1.165) is 30.5 Å². The highest BCUT2D eigenvalue weighted by Crippen LogP contribution is 2.13. The second-order valence-corrected chi connectivity index (χ2v) is 6.10. The van der Waals surface area contributed by atoms with Gasteiger partial charge in [0.05, 0.1) is 17.9 Å². The fourth-order valence-corrected chi connectivity index (χ4v) is 2.45. The minimum Gasteiger partial charge on any atom is -0.484 e. The van der Waals surface area contributed by atoms with E-state index in [1.54, 1.807) is 31.2 Å². The lowest BCUT2D eigenvalue weighted by molar-refractivity contribution is -0.123. The van der Waals surface area contributed by atoms with E-state index in [0.29, 0.717) is 17.9 Å². The number of unbranched alkanes of at least 4 members (excludes halogenated alkanes) is 1. The molecule has 28 heavy (non-hydrogen) atoms. The predicted octanol–water partition coefficient (Wildman–Crippen LogP) is 3.95. The molecule has 0 aliphatic rings. The molecule has 0 unspecified atom stereocenters. The molecule has 0 aliphatic carbocycles. The van der Waals surface area contributed by atoms with Crippen LogP contribution in [0.15, 0.2) is 59.7 Å². The Morgan fingerprint density at radius 1 is 0.964 bits per heavy atom. The molecule has 2 aromatic carbocycles.